The van der Waals surface area contributed by atoms with E-state index in [0.717, 1.165) is 11.4 Å². The fourth-order valence-electron chi connectivity index (χ4n) is 1.47. The molecule has 2 rings (SSSR count). The molecule has 18 heavy (non-hydrogen) atoms. The van der Waals surface area contributed by atoms with Crippen molar-refractivity contribution in [2.75, 3.05) is 11.1 Å². The quantitative estimate of drug-likeness (QED) is 0.673. The van der Waals surface area contributed by atoms with Gasteiger partial charge in [-0.15, -0.1) is 0 Å². The smallest absolute Gasteiger partial charge is 0.189 e. The summed E-state index contributed by atoms with van der Waals surface area (Å²) in [6.45, 7) is 3.66. The summed E-state index contributed by atoms with van der Waals surface area (Å²) in [4.78, 5) is 8.29. The van der Waals surface area contributed by atoms with Crippen LogP contribution in [0.15, 0.2) is 35.5 Å². The molecule has 0 amide bonds. The van der Waals surface area contributed by atoms with Gasteiger partial charge in [0.05, 0.1) is 5.69 Å². The third-order valence-electron chi connectivity index (χ3n) is 2.31. The van der Waals surface area contributed by atoms with Gasteiger partial charge in [-0.05, 0) is 24.8 Å². The van der Waals surface area contributed by atoms with E-state index in [1.165, 1.54) is 11.8 Å². The molecule has 0 aliphatic rings. The van der Waals surface area contributed by atoms with Crippen molar-refractivity contribution < 1.29 is 4.39 Å². The van der Waals surface area contributed by atoms with E-state index in [2.05, 4.69) is 15.3 Å². The van der Waals surface area contributed by atoms with Crippen molar-refractivity contribution in [1.82, 2.24) is 9.97 Å². The summed E-state index contributed by atoms with van der Waals surface area (Å²) >= 11 is 1.49. The van der Waals surface area contributed by atoms with Crippen LogP contribution < -0.4 is 5.32 Å². The first kappa shape index (κ1) is 12.8. The molecule has 1 heterocycles. The van der Waals surface area contributed by atoms with Crippen LogP contribution in [0.25, 0.3) is 0 Å². The van der Waals surface area contributed by atoms with E-state index in [1.54, 1.807) is 6.92 Å². The molecule has 0 radical (unpaired) electrons. The van der Waals surface area contributed by atoms with Crippen molar-refractivity contribution >= 4 is 23.3 Å². The summed E-state index contributed by atoms with van der Waals surface area (Å²) in [7, 11) is 0. The first-order valence-electron chi connectivity index (χ1n) is 5.69. The standard InChI is InChI=1S/C13H14FN3S/c1-3-18-13-15-9(2)11(14)12(17-13)16-10-7-5-4-6-8-10/h4-8H,3H2,1-2H3,(H,15,16,17). The molecule has 1 aromatic carbocycles. The Hall–Kier alpha value is -1.62. The van der Waals surface area contributed by atoms with Gasteiger partial charge >= 0.3 is 0 Å². The highest BCUT2D eigenvalue weighted by Gasteiger charge is 2.11. The van der Waals surface area contributed by atoms with Gasteiger partial charge in [0.2, 0.25) is 0 Å². The second-order valence-electron chi connectivity index (χ2n) is 3.68. The van der Waals surface area contributed by atoms with Crippen molar-refractivity contribution in [1.29, 1.82) is 0 Å². The lowest BCUT2D eigenvalue weighted by atomic mass is 10.3. The zero-order valence-electron chi connectivity index (χ0n) is 10.3. The number of nitrogens with one attached hydrogen (secondary N) is 1. The van der Waals surface area contributed by atoms with Gasteiger partial charge in [0.1, 0.15) is 0 Å². The molecule has 5 heteroatoms. The molecule has 0 spiro atoms. The maximum atomic E-state index is 13.9. The van der Waals surface area contributed by atoms with Crippen molar-refractivity contribution in [3.8, 4) is 0 Å². The second kappa shape index (κ2) is 5.82. The third kappa shape index (κ3) is 2.98. The molecule has 0 fully saturated rings. The van der Waals surface area contributed by atoms with Gasteiger partial charge < -0.3 is 5.32 Å². The van der Waals surface area contributed by atoms with Gasteiger partial charge in [-0.3, -0.25) is 0 Å². The second-order valence-corrected chi connectivity index (χ2v) is 4.91. The highest BCUT2D eigenvalue weighted by atomic mass is 32.2. The average molecular weight is 263 g/mol. The summed E-state index contributed by atoms with van der Waals surface area (Å²) in [5.41, 5.74) is 1.17. The van der Waals surface area contributed by atoms with E-state index in [9.17, 15) is 4.39 Å². The maximum Gasteiger partial charge on any atom is 0.189 e. The van der Waals surface area contributed by atoms with Crippen LogP contribution in [-0.2, 0) is 0 Å². The highest BCUT2D eigenvalue weighted by molar-refractivity contribution is 7.99. The summed E-state index contributed by atoms with van der Waals surface area (Å²) in [5.74, 6) is 0.680. The SMILES string of the molecule is CCSc1nc(C)c(F)c(Nc2ccccc2)n1. The highest BCUT2D eigenvalue weighted by Crippen LogP contribution is 2.22. The van der Waals surface area contributed by atoms with Crippen LogP contribution in [0, 0.1) is 12.7 Å². The van der Waals surface area contributed by atoms with E-state index >= 15 is 0 Å². The number of hydrogen-bond donors (Lipinski definition) is 1. The molecule has 1 aromatic heterocycles. The van der Waals surface area contributed by atoms with Crippen LogP contribution >= 0.6 is 11.8 Å². The van der Waals surface area contributed by atoms with E-state index in [-0.39, 0.29) is 5.82 Å². The molecule has 0 saturated heterocycles. The topological polar surface area (TPSA) is 37.8 Å². The Morgan fingerprint density at radius 3 is 2.61 bits per heavy atom. The van der Waals surface area contributed by atoms with Crippen molar-refractivity contribution in [3.05, 3.63) is 41.8 Å². The van der Waals surface area contributed by atoms with E-state index in [4.69, 9.17) is 0 Å². The minimum Gasteiger partial charge on any atom is -0.338 e. The Bertz CT molecular complexity index is 531. The molecule has 3 nitrogen and oxygen atoms in total. The third-order valence-corrected chi connectivity index (χ3v) is 3.04. The molecule has 0 saturated carbocycles. The monoisotopic (exact) mass is 263 g/mol. The molecule has 0 aliphatic heterocycles. The zero-order valence-corrected chi connectivity index (χ0v) is 11.1. The Balaban J connectivity index is 2.31. The summed E-state index contributed by atoms with van der Waals surface area (Å²) in [6.07, 6.45) is 0. The number of thioether (sulfide) groups is 1. The van der Waals surface area contributed by atoms with Crippen LogP contribution in [0.2, 0.25) is 0 Å². The minimum atomic E-state index is -0.403. The normalized spacial score (nSPS) is 10.4. The summed E-state index contributed by atoms with van der Waals surface area (Å²) < 4.78 is 13.9. The van der Waals surface area contributed by atoms with Crippen LogP contribution in [0.3, 0.4) is 0 Å². The van der Waals surface area contributed by atoms with Gasteiger partial charge in [0.25, 0.3) is 0 Å². The molecular weight excluding hydrogens is 249 g/mol. The Labute approximate surface area is 110 Å². The summed E-state index contributed by atoms with van der Waals surface area (Å²) in [6, 6.07) is 9.41. The van der Waals surface area contributed by atoms with Gasteiger partial charge in [-0.25, -0.2) is 14.4 Å². The number of benzene rings is 1. The van der Waals surface area contributed by atoms with Crippen LogP contribution in [-0.4, -0.2) is 15.7 Å². The number of anilines is 2. The molecule has 2 aromatic rings. The van der Waals surface area contributed by atoms with E-state index < -0.39 is 5.82 Å². The van der Waals surface area contributed by atoms with Gasteiger partial charge in [0.15, 0.2) is 16.8 Å². The van der Waals surface area contributed by atoms with E-state index in [0.29, 0.717) is 10.9 Å². The number of rotatable bonds is 4. The van der Waals surface area contributed by atoms with Gasteiger partial charge in [0, 0.05) is 5.69 Å². The number of halogens is 1. The lowest BCUT2D eigenvalue weighted by molar-refractivity contribution is 0.598. The minimum absolute atomic E-state index is 0.227. The Morgan fingerprint density at radius 1 is 1.22 bits per heavy atom. The average Bonchev–Trinajstić information content (AvgIpc) is 2.37. The van der Waals surface area contributed by atoms with Crippen molar-refractivity contribution in [2.24, 2.45) is 0 Å². The predicted octanol–water partition coefficient (Wildman–Crippen LogP) is 3.78. The van der Waals surface area contributed by atoms with Gasteiger partial charge in [-0.1, -0.05) is 36.9 Å². The van der Waals surface area contributed by atoms with E-state index in [1.807, 2.05) is 37.3 Å². The number of aromatic nitrogens is 2. The maximum absolute atomic E-state index is 13.9. The van der Waals surface area contributed by atoms with Crippen molar-refractivity contribution in [2.45, 2.75) is 19.0 Å². The van der Waals surface area contributed by atoms with Crippen LogP contribution in [0.5, 0.6) is 0 Å². The molecule has 0 bridgehead atoms. The number of nitrogens with zero attached hydrogens (tertiary/aromatic N) is 2. The first-order valence-corrected chi connectivity index (χ1v) is 6.68. The molecule has 94 valence electrons. The zero-order chi connectivity index (χ0) is 13.0. The molecule has 1 N–H and O–H groups in total. The number of para-hydroxylation sites is 1. The number of hydrogen-bond acceptors (Lipinski definition) is 4. The first-order chi connectivity index (χ1) is 8.70. The van der Waals surface area contributed by atoms with Crippen LogP contribution in [0.4, 0.5) is 15.9 Å². The van der Waals surface area contributed by atoms with Crippen LogP contribution in [0.1, 0.15) is 12.6 Å². The fourth-order valence-corrected chi connectivity index (χ4v) is 2.08. The lowest BCUT2D eigenvalue weighted by Crippen LogP contribution is -2.03. The van der Waals surface area contributed by atoms with Crippen molar-refractivity contribution in [3.63, 3.8) is 0 Å². The predicted molar refractivity (Wildman–Crippen MR) is 72.8 cm³/mol. The molecule has 0 aliphatic carbocycles. The van der Waals surface area contributed by atoms with Gasteiger partial charge in [-0.2, -0.15) is 0 Å². The number of aryl methyl sites for hydroxylation is 1. The Kier molecular flexibility index (Phi) is 4.15. The fraction of sp³-hybridized carbons (Fsp3) is 0.231. The lowest BCUT2D eigenvalue weighted by Gasteiger charge is -2.09. The summed E-state index contributed by atoms with van der Waals surface area (Å²) in [5, 5.41) is 3.56. The molecule has 0 unspecified atom stereocenters. The Morgan fingerprint density at radius 2 is 1.94 bits per heavy atom. The molecular formula is C13H14FN3S. The largest absolute Gasteiger partial charge is 0.338 e. The molecule has 0 atom stereocenters.